The Labute approximate surface area is 95.2 Å². The van der Waals surface area contributed by atoms with Crippen molar-refractivity contribution in [2.24, 2.45) is 11.3 Å². The predicted octanol–water partition coefficient (Wildman–Crippen LogP) is 2.40. The molecule has 0 atom stereocenters. The molecule has 0 aromatic heterocycles. The van der Waals surface area contributed by atoms with Gasteiger partial charge in [0.2, 0.25) is 0 Å². The van der Waals surface area contributed by atoms with Gasteiger partial charge < -0.3 is 10.6 Å². The summed E-state index contributed by atoms with van der Waals surface area (Å²) < 4.78 is 0. The smallest absolute Gasteiger partial charge is 0.0130 e. The summed E-state index contributed by atoms with van der Waals surface area (Å²) in [4.78, 5) is 0. The molecule has 1 aliphatic heterocycles. The minimum atomic E-state index is 0.273. The van der Waals surface area contributed by atoms with E-state index in [0.29, 0.717) is 5.41 Å². The Morgan fingerprint density at radius 1 is 1.13 bits per heavy atom. The van der Waals surface area contributed by atoms with Crippen LogP contribution in [0.5, 0.6) is 0 Å². The molecule has 0 saturated carbocycles. The lowest BCUT2D eigenvalue weighted by molar-refractivity contribution is 0.230. The monoisotopic (exact) mass is 212 g/mol. The first-order chi connectivity index (χ1) is 6.79. The molecule has 0 aromatic carbocycles. The standard InChI is InChI=1S/C13H28N2/c1-12(2,3)10-13(4,5)15-7-6-11-8-14-9-11/h11,14-15H,6-10H2,1-5H3. The van der Waals surface area contributed by atoms with Gasteiger partial charge in [-0.1, -0.05) is 20.8 Å². The molecule has 1 aliphatic rings. The van der Waals surface area contributed by atoms with Gasteiger partial charge in [0.25, 0.3) is 0 Å². The van der Waals surface area contributed by atoms with Crippen LogP contribution in [0.1, 0.15) is 47.5 Å². The molecule has 0 aliphatic carbocycles. The second-order valence-electron chi connectivity index (χ2n) is 6.86. The number of rotatable bonds is 5. The molecule has 0 aromatic rings. The first kappa shape index (κ1) is 13.0. The van der Waals surface area contributed by atoms with Crippen LogP contribution in [0.2, 0.25) is 0 Å². The molecule has 2 heteroatoms. The molecule has 15 heavy (non-hydrogen) atoms. The number of nitrogens with one attached hydrogen (secondary N) is 2. The van der Waals surface area contributed by atoms with Crippen LogP contribution in [-0.2, 0) is 0 Å². The van der Waals surface area contributed by atoms with Crippen molar-refractivity contribution in [3.63, 3.8) is 0 Å². The summed E-state index contributed by atoms with van der Waals surface area (Å²) in [5.41, 5.74) is 0.684. The molecular weight excluding hydrogens is 184 g/mol. The Morgan fingerprint density at radius 2 is 1.73 bits per heavy atom. The Morgan fingerprint density at radius 3 is 2.13 bits per heavy atom. The predicted molar refractivity (Wildman–Crippen MR) is 67.1 cm³/mol. The van der Waals surface area contributed by atoms with Gasteiger partial charge in [-0.3, -0.25) is 0 Å². The number of hydrogen-bond acceptors (Lipinski definition) is 2. The van der Waals surface area contributed by atoms with Crippen molar-refractivity contribution in [3.05, 3.63) is 0 Å². The fraction of sp³-hybridized carbons (Fsp3) is 1.00. The second kappa shape index (κ2) is 4.84. The summed E-state index contributed by atoms with van der Waals surface area (Å²) in [6.07, 6.45) is 2.55. The molecule has 2 nitrogen and oxygen atoms in total. The lowest BCUT2D eigenvalue weighted by atomic mass is 9.81. The fourth-order valence-corrected chi connectivity index (χ4v) is 2.56. The average molecular weight is 212 g/mol. The highest BCUT2D eigenvalue weighted by atomic mass is 15.0. The van der Waals surface area contributed by atoms with E-state index in [0.717, 1.165) is 12.5 Å². The molecule has 0 bridgehead atoms. The van der Waals surface area contributed by atoms with Crippen molar-refractivity contribution in [1.29, 1.82) is 0 Å². The lowest BCUT2D eigenvalue weighted by Gasteiger charge is -2.35. The molecular formula is C13H28N2. The Balaban J connectivity index is 2.16. The first-order valence-electron chi connectivity index (χ1n) is 6.24. The Bertz CT molecular complexity index is 187. The van der Waals surface area contributed by atoms with Crippen molar-refractivity contribution in [3.8, 4) is 0 Å². The van der Waals surface area contributed by atoms with Crippen molar-refractivity contribution < 1.29 is 0 Å². The van der Waals surface area contributed by atoms with E-state index in [1.165, 1.54) is 25.9 Å². The molecule has 0 unspecified atom stereocenters. The highest BCUT2D eigenvalue weighted by Crippen LogP contribution is 2.26. The maximum atomic E-state index is 3.69. The van der Waals surface area contributed by atoms with Gasteiger partial charge in [0, 0.05) is 5.54 Å². The van der Waals surface area contributed by atoms with E-state index in [1.807, 2.05) is 0 Å². The minimum Gasteiger partial charge on any atom is -0.316 e. The highest BCUT2D eigenvalue weighted by Gasteiger charge is 2.25. The van der Waals surface area contributed by atoms with Gasteiger partial charge in [-0.05, 0) is 57.7 Å². The zero-order chi connectivity index (χ0) is 11.5. The molecule has 1 saturated heterocycles. The summed E-state index contributed by atoms with van der Waals surface area (Å²) >= 11 is 0. The zero-order valence-corrected chi connectivity index (χ0v) is 11.1. The summed E-state index contributed by atoms with van der Waals surface area (Å²) in [6.45, 7) is 15.2. The number of hydrogen-bond donors (Lipinski definition) is 2. The molecule has 0 amide bonds. The maximum Gasteiger partial charge on any atom is 0.0130 e. The van der Waals surface area contributed by atoms with Gasteiger partial charge >= 0.3 is 0 Å². The van der Waals surface area contributed by atoms with E-state index in [4.69, 9.17) is 0 Å². The summed E-state index contributed by atoms with van der Waals surface area (Å²) in [5.74, 6) is 0.919. The topological polar surface area (TPSA) is 24.1 Å². The Kier molecular flexibility index (Phi) is 4.19. The summed E-state index contributed by atoms with van der Waals surface area (Å²) in [6, 6.07) is 0. The molecule has 90 valence electrons. The van der Waals surface area contributed by atoms with Crippen LogP contribution in [0, 0.1) is 11.3 Å². The van der Waals surface area contributed by atoms with Gasteiger partial charge in [0.15, 0.2) is 0 Å². The van der Waals surface area contributed by atoms with Gasteiger partial charge in [-0.15, -0.1) is 0 Å². The van der Waals surface area contributed by atoms with E-state index in [-0.39, 0.29) is 5.54 Å². The SMILES string of the molecule is CC(C)(C)CC(C)(C)NCCC1CNC1. The van der Waals surface area contributed by atoms with Crippen LogP contribution < -0.4 is 10.6 Å². The normalized spacial score (nSPS) is 19.0. The highest BCUT2D eigenvalue weighted by molar-refractivity contribution is 4.84. The van der Waals surface area contributed by atoms with Crippen molar-refractivity contribution >= 4 is 0 Å². The van der Waals surface area contributed by atoms with Crippen LogP contribution >= 0.6 is 0 Å². The van der Waals surface area contributed by atoms with Crippen molar-refractivity contribution in [1.82, 2.24) is 10.6 Å². The summed E-state index contributed by atoms with van der Waals surface area (Å²) in [5, 5.41) is 7.01. The van der Waals surface area contributed by atoms with Crippen LogP contribution in [0.3, 0.4) is 0 Å². The van der Waals surface area contributed by atoms with Crippen LogP contribution in [0.25, 0.3) is 0 Å². The second-order valence-corrected chi connectivity index (χ2v) is 6.86. The average Bonchev–Trinajstić information content (AvgIpc) is 1.89. The third kappa shape index (κ3) is 5.53. The van der Waals surface area contributed by atoms with E-state index in [9.17, 15) is 0 Å². The maximum absolute atomic E-state index is 3.69. The van der Waals surface area contributed by atoms with Crippen LogP contribution in [0.15, 0.2) is 0 Å². The molecule has 0 spiro atoms. The van der Waals surface area contributed by atoms with Gasteiger partial charge in [-0.25, -0.2) is 0 Å². The van der Waals surface area contributed by atoms with Crippen LogP contribution in [-0.4, -0.2) is 25.2 Å². The quantitative estimate of drug-likeness (QED) is 0.731. The Hall–Kier alpha value is -0.0800. The van der Waals surface area contributed by atoms with E-state index < -0.39 is 0 Å². The van der Waals surface area contributed by atoms with Gasteiger partial charge in [-0.2, -0.15) is 0 Å². The molecule has 0 radical (unpaired) electrons. The van der Waals surface area contributed by atoms with Crippen molar-refractivity contribution in [2.45, 2.75) is 53.0 Å². The van der Waals surface area contributed by atoms with Crippen LogP contribution in [0.4, 0.5) is 0 Å². The molecule has 1 rings (SSSR count). The summed E-state index contributed by atoms with van der Waals surface area (Å²) in [7, 11) is 0. The first-order valence-corrected chi connectivity index (χ1v) is 6.24. The molecule has 2 N–H and O–H groups in total. The fourth-order valence-electron chi connectivity index (χ4n) is 2.56. The van der Waals surface area contributed by atoms with Gasteiger partial charge in [0.1, 0.15) is 0 Å². The molecule has 1 heterocycles. The third-order valence-electron chi connectivity index (χ3n) is 2.99. The zero-order valence-electron chi connectivity index (χ0n) is 11.1. The van der Waals surface area contributed by atoms with E-state index in [2.05, 4.69) is 45.3 Å². The molecule has 1 fully saturated rings. The van der Waals surface area contributed by atoms with E-state index in [1.54, 1.807) is 0 Å². The largest absolute Gasteiger partial charge is 0.316 e. The lowest BCUT2D eigenvalue weighted by Crippen LogP contribution is -2.47. The van der Waals surface area contributed by atoms with E-state index >= 15 is 0 Å². The minimum absolute atomic E-state index is 0.273. The van der Waals surface area contributed by atoms with Gasteiger partial charge in [0.05, 0.1) is 0 Å². The third-order valence-corrected chi connectivity index (χ3v) is 2.99. The van der Waals surface area contributed by atoms with Crippen molar-refractivity contribution in [2.75, 3.05) is 19.6 Å².